The third-order valence-corrected chi connectivity index (χ3v) is 2.77. The Bertz CT molecular complexity index is 507. The molecule has 2 amide bonds. The first kappa shape index (κ1) is 12.1. The van der Waals surface area contributed by atoms with Crippen molar-refractivity contribution in [1.82, 2.24) is 10.2 Å². The molecule has 1 aliphatic heterocycles. The highest BCUT2D eigenvalue weighted by Gasteiger charge is 2.42. The number of nitrogens with zero attached hydrogens (tertiary/aromatic N) is 2. The first-order valence-electron chi connectivity index (χ1n) is 5.65. The van der Waals surface area contributed by atoms with Gasteiger partial charge in [0.1, 0.15) is 12.1 Å². The van der Waals surface area contributed by atoms with E-state index in [0.29, 0.717) is 6.54 Å². The summed E-state index contributed by atoms with van der Waals surface area (Å²) < 4.78 is 0. The Balaban J connectivity index is 2.19. The second kappa shape index (κ2) is 4.88. The Hall–Kier alpha value is -2.35. The molecule has 2 unspecified atom stereocenters. The molecule has 2 rings (SSSR count). The zero-order valence-electron chi connectivity index (χ0n) is 9.96. The van der Waals surface area contributed by atoms with E-state index in [4.69, 9.17) is 5.26 Å². The fourth-order valence-corrected chi connectivity index (χ4v) is 1.80. The zero-order chi connectivity index (χ0) is 13.1. The second-order valence-corrected chi connectivity index (χ2v) is 4.18. The van der Waals surface area contributed by atoms with Crippen LogP contribution < -0.4 is 5.32 Å². The van der Waals surface area contributed by atoms with Gasteiger partial charge in [0.2, 0.25) is 5.91 Å². The number of nitriles is 1. The van der Waals surface area contributed by atoms with Crippen LogP contribution in [0.2, 0.25) is 0 Å². The summed E-state index contributed by atoms with van der Waals surface area (Å²) in [5.74, 6) is -0.504. The Morgan fingerprint density at radius 3 is 2.61 bits per heavy atom. The first-order valence-corrected chi connectivity index (χ1v) is 5.65. The highest BCUT2D eigenvalue weighted by atomic mass is 16.2. The van der Waals surface area contributed by atoms with Crippen molar-refractivity contribution in [3.8, 4) is 6.07 Å². The van der Waals surface area contributed by atoms with E-state index in [2.05, 4.69) is 5.32 Å². The van der Waals surface area contributed by atoms with Crippen LogP contribution in [0.5, 0.6) is 0 Å². The molecule has 0 spiro atoms. The molecule has 0 aliphatic carbocycles. The van der Waals surface area contributed by atoms with Crippen molar-refractivity contribution < 1.29 is 9.59 Å². The molecule has 1 saturated heterocycles. The van der Waals surface area contributed by atoms with Crippen molar-refractivity contribution >= 4 is 11.8 Å². The molecule has 5 nitrogen and oxygen atoms in total. The van der Waals surface area contributed by atoms with Gasteiger partial charge in [-0.2, -0.15) is 5.26 Å². The zero-order valence-corrected chi connectivity index (χ0v) is 9.96. The third-order valence-electron chi connectivity index (χ3n) is 2.77. The van der Waals surface area contributed by atoms with E-state index in [1.54, 1.807) is 24.3 Å². The van der Waals surface area contributed by atoms with E-state index in [0.717, 1.165) is 5.56 Å². The lowest BCUT2D eigenvalue weighted by atomic mass is 10.1. The number of amides is 2. The van der Waals surface area contributed by atoms with E-state index in [1.165, 1.54) is 11.8 Å². The summed E-state index contributed by atoms with van der Waals surface area (Å²) in [5.41, 5.74) is 0.723. The van der Waals surface area contributed by atoms with Crippen LogP contribution >= 0.6 is 0 Å². The number of nitrogens with one attached hydrogen (secondary N) is 1. The van der Waals surface area contributed by atoms with Gasteiger partial charge in [-0.25, -0.2) is 0 Å². The van der Waals surface area contributed by atoms with Gasteiger partial charge < -0.3 is 10.2 Å². The van der Waals surface area contributed by atoms with E-state index < -0.39 is 6.04 Å². The molecule has 1 aliphatic rings. The van der Waals surface area contributed by atoms with Gasteiger partial charge in [-0.3, -0.25) is 9.59 Å². The molecule has 18 heavy (non-hydrogen) atoms. The Morgan fingerprint density at radius 1 is 1.44 bits per heavy atom. The summed E-state index contributed by atoms with van der Waals surface area (Å²) in [6.45, 7) is 1.81. The molecule has 1 heterocycles. The number of rotatable bonds is 3. The molecule has 0 saturated carbocycles. The topological polar surface area (TPSA) is 73.0 Å². The van der Waals surface area contributed by atoms with Crippen LogP contribution in [-0.2, 0) is 9.59 Å². The summed E-state index contributed by atoms with van der Waals surface area (Å²) in [4.78, 5) is 24.8. The predicted octanol–water partition coefficient (Wildman–Crippen LogP) is 0.598. The van der Waals surface area contributed by atoms with Crippen molar-refractivity contribution in [2.24, 2.45) is 0 Å². The summed E-state index contributed by atoms with van der Waals surface area (Å²) >= 11 is 0. The SMILES string of the molecule is CC(=O)NC(C(=O)N1CC1C#N)c1ccccc1. The van der Waals surface area contributed by atoms with Gasteiger partial charge in [0.25, 0.3) is 5.91 Å². The average Bonchev–Trinajstić information content (AvgIpc) is 3.15. The quantitative estimate of drug-likeness (QED) is 0.790. The van der Waals surface area contributed by atoms with Gasteiger partial charge in [0.05, 0.1) is 12.6 Å². The number of carbonyl (C=O) groups excluding carboxylic acids is 2. The standard InChI is InChI=1S/C13H13N3O2/c1-9(17)15-12(10-5-3-2-4-6-10)13(18)16-8-11(16)7-14/h2-6,11-12H,8H2,1H3,(H,15,17). The highest BCUT2D eigenvalue weighted by molar-refractivity contribution is 5.89. The average molecular weight is 243 g/mol. The number of benzene rings is 1. The molecule has 1 aromatic carbocycles. The maximum Gasteiger partial charge on any atom is 0.251 e. The van der Waals surface area contributed by atoms with Crippen molar-refractivity contribution in [2.45, 2.75) is 19.0 Å². The maximum absolute atomic E-state index is 12.2. The Morgan fingerprint density at radius 2 is 2.11 bits per heavy atom. The van der Waals surface area contributed by atoms with Crippen LogP contribution in [0.1, 0.15) is 18.5 Å². The van der Waals surface area contributed by atoms with Crippen molar-refractivity contribution in [3.63, 3.8) is 0 Å². The second-order valence-electron chi connectivity index (χ2n) is 4.18. The van der Waals surface area contributed by atoms with Crippen molar-refractivity contribution in [2.75, 3.05) is 6.54 Å². The molecule has 2 atom stereocenters. The molecule has 0 radical (unpaired) electrons. The molecule has 0 bridgehead atoms. The lowest BCUT2D eigenvalue weighted by molar-refractivity contribution is -0.131. The lowest BCUT2D eigenvalue weighted by Gasteiger charge is -2.17. The predicted molar refractivity (Wildman–Crippen MR) is 64.1 cm³/mol. The van der Waals surface area contributed by atoms with Gasteiger partial charge in [-0.1, -0.05) is 30.3 Å². The smallest absolute Gasteiger partial charge is 0.251 e. The van der Waals surface area contributed by atoms with Gasteiger partial charge in [-0.05, 0) is 5.56 Å². The van der Waals surface area contributed by atoms with Crippen LogP contribution in [0.25, 0.3) is 0 Å². The molecule has 1 aromatic rings. The normalized spacial score (nSPS) is 18.7. The molecular formula is C13H13N3O2. The van der Waals surface area contributed by atoms with Crippen LogP contribution in [0.3, 0.4) is 0 Å². The largest absolute Gasteiger partial charge is 0.341 e. The van der Waals surface area contributed by atoms with Gasteiger partial charge in [-0.15, -0.1) is 0 Å². The molecule has 92 valence electrons. The number of carbonyl (C=O) groups is 2. The van der Waals surface area contributed by atoms with E-state index in [9.17, 15) is 9.59 Å². The Labute approximate surface area is 105 Å². The minimum Gasteiger partial charge on any atom is -0.341 e. The van der Waals surface area contributed by atoms with E-state index in [1.807, 2.05) is 12.1 Å². The number of hydrogen-bond acceptors (Lipinski definition) is 3. The summed E-state index contributed by atoms with van der Waals surface area (Å²) in [6.07, 6.45) is 0. The van der Waals surface area contributed by atoms with Crippen LogP contribution in [0.4, 0.5) is 0 Å². The third kappa shape index (κ3) is 2.48. The van der Waals surface area contributed by atoms with E-state index in [-0.39, 0.29) is 17.9 Å². The van der Waals surface area contributed by atoms with Gasteiger partial charge >= 0.3 is 0 Å². The molecule has 0 aromatic heterocycles. The fourth-order valence-electron chi connectivity index (χ4n) is 1.80. The number of hydrogen-bond donors (Lipinski definition) is 1. The van der Waals surface area contributed by atoms with Crippen molar-refractivity contribution in [3.05, 3.63) is 35.9 Å². The van der Waals surface area contributed by atoms with Crippen LogP contribution in [0, 0.1) is 11.3 Å². The minimum absolute atomic E-state index is 0.233. The van der Waals surface area contributed by atoms with Gasteiger partial charge in [0.15, 0.2) is 0 Å². The molecule has 5 heteroatoms. The maximum atomic E-state index is 12.2. The van der Waals surface area contributed by atoms with Crippen LogP contribution in [-0.4, -0.2) is 29.3 Å². The van der Waals surface area contributed by atoms with Gasteiger partial charge in [0, 0.05) is 6.92 Å². The fraction of sp³-hybridized carbons (Fsp3) is 0.308. The van der Waals surface area contributed by atoms with Crippen molar-refractivity contribution in [1.29, 1.82) is 5.26 Å². The lowest BCUT2D eigenvalue weighted by Crippen LogP contribution is -2.36. The minimum atomic E-state index is -0.706. The summed E-state index contributed by atoms with van der Waals surface area (Å²) in [5, 5.41) is 11.4. The molecule has 1 fully saturated rings. The van der Waals surface area contributed by atoms with E-state index >= 15 is 0 Å². The Kier molecular flexibility index (Phi) is 3.28. The summed E-state index contributed by atoms with van der Waals surface area (Å²) in [7, 11) is 0. The highest BCUT2D eigenvalue weighted by Crippen LogP contribution is 2.24. The summed E-state index contributed by atoms with van der Waals surface area (Å²) in [6, 6.07) is 9.98. The van der Waals surface area contributed by atoms with Crippen LogP contribution in [0.15, 0.2) is 30.3 Å². The first-order chi connectivity index (χ1) is 8.63. The monoisotopic (exact) mass is 243 g/mol. The molecule has 1 N–H and O–H groups in total. The molecular weight excluding hydrogens is 230 g/mol.